The molecule has 0 bridgehead atoms. The Labute approximate surface area is 118 Å². The molecule has 1 atom stereocenters. The second-order valence-electron chi connectivity index (χ2n) is 6.82. The second kappa shape index (κ2) is 5.16. The first-order chi connectivity index (χ1) is 8.85. The van der Waals surface area contributed by atoms with Gasteiger partial charge in [0.15, 0.2) is 0 Å². The van der Waals surface area contributed by atoms with Gasteiger partial charge in [-0.15, -0.1) is 0 Å². The van der Waals surface area contributed by atoms with Crippen LogP contribution in [0, 0.1) is 26.7 Å². The van der Waals surface area contributed by atoms with Gasteiger partial charge in [-0.05, 0) is 71.0 Å². The lowest BCUT2D eigenvalue weighted by Gasteiger charge is -2.36. The molecule has 1 aromatic carbocycles. The molecular weight excluding hydrogens is 232 g/mol. The predicted octanol–water partition coefficient (Wildman–Crippen LogP) is 3.57. The molecule has 1 unspecified atom stereocenters. The van der Waals surface area contributed by atoms with Crippen molar-refractivity contribution >= 4 is 5.69 Å². The Morgan fingerprint density at radius 2 is 1.79 bits per heavy atom. The van der Waals surface area contributed by atoms with Crippen LogP contribution in [0.5, 0.6) is 0 Å². The van der Waals surface area contributed by atoms with E-state index in [1.54, 1.807) is 0 Å². The number of nitrogens with zero attached hydrogens (tertiary/aromatic N) is 1. The molecule has 0 radical (unpaired) electrons. The Bertz CT molecular complexity index is 439. The van der Waals surface area contributed by atoms with E-state index in [2.05, 4.69) is 51.7 Å². The molecule has 0 amide bonds. The first kappa shape index (κ1) is 14.4. The fourth-order valence-electron chi connectivity index (χ4n) is 3.81. The van der Waals surface area contributed by atoms with Crippen LogP contribution in [-0.4, -0.2) is 18.6 Å². The van der Waals surface area contributed by atoms with E-state index in [4.69, 9.17) is 5.73 Å². The highest BCUT2D eigenvalue weighted by molar-refractivity contribution is 5.62. The average Bonchev–Trinajstić information content (AvgIpc) is 2.53. The van der Waals surface area contributed by atoms with E-state index in [0.29, 0.717) is 0 Å². The van der Waals surface area contributed by atoms with Crippen LogP contribution in [0.3, 0.4) is 0 Å². The highest BCUT2D eigenvalue weighted by Crippen LogP contribution is 2.40. The summed E-state index contributed by atoms with van der Waals surface area (Å²) in [5.74, 6) is 0.736. The zero-order valence-electron chi connectivity index (χ0n) is 13.1. The van der Waals surface area contributed by atoms with Crippen molar-refractivity contribution in [1.29, 1.82) is 0 Å². The van der Waals surface area contributed by atoms with Crippen LogP contribution in [-0.2, 0) is 0 Å². The largest absolute Gasteiger partial charge is 0.366 e. The Balaban J connectivity index is 2.36. The zero-order valence-corrected chi connectivity index (χ0v) is 13.1. The summed E-state index contributed by atoms with van der Waals surface area (Å²) in [6.45, 7) is 13.3. The molecule has 2 rings (SSSR count). The number of rotatable bonds is 3. The van der Waals surface area contributed by atoms with Crippen molar-refractivity contribution in [2.45, 2.75) is 53.0 Å². The minimum atomic E-state index is 0.241. The van der Waals surface area contributed by atoms with Gasteiger partial charge in [0.25, 0.3) is 0 Å². The zero-order chi connectivity index (χ0) is 14.2. The van der Waals surface area contributed by atoms with Gasteiger partial charge in [0.05, 0.1) is 0 Å². The summed E-state index contributed by atoms with van der Waals surface area (Å²) in [5.41, 5.74) is 11.6. The normalized spacial score (nSPS) is 22.0. The first-order valence-electron chi connectivity index (χ1n) is 7.40. The van der Waals surface area contributed by atoms with Crippen molar-refractivity contribution in [3.8, 4) is 0 Å². The Kier molecular flexibility index (Phi) is 3.91. The standard InChI is InChI=1S/C17H28N2/c1-12-8-13(2)16(14(3)9-12)19-11-15(6-7-18)10-17(19,4)5/h8-9,15H,6-7,10-11,18H2,1-5H3. The minimum Gasteiger partial charge on any atom is -0.366 e. The lowest BCUT2D eigenvalue weighted by atomic mass is 9.93. The third kappa shape index (κ3) is 2.79. The first-order valence-corrected chi connectivity index (χ1v) is 7.40. The summed E-state index contributed by atoms with van der Waals surface area (Å²) in [4.78, 5) is 2.61. The minimum absolute atomic E-state index is 0.241. The molecular formula is C17H28N2. The van der Waals surface area contributed by atoms with Gasteiger partial charge in [-0.3, -0.25) is 0 Å². The molecule has 2 nitrogen and oxygen atoms in total. The smallest absolute Gasteiger partial charge is 0.0430 e. The van der Waals surface area contributed by atoms with Gasteiger partial charge in [-0.25, -0.2) is 0 Å². The maximum absolute atomic E-state index is 5.74. The molecule has 1 heterocycles. The monoisotopic (exact) mass is 260 g/mol. The van der Waals surface area contributed by atoms with Crippen LogP contribution in [0.2, 0.25) is 0 Å². The van der Waals surface area contributed by atoms with Crippen LogP contribution < -0.4 is 10.6 Å². The molecule has 1 aliphatic heterocycles. The SMILES string of the molecule is Cc1cc(C)c(N2CC(CCN)CC2(C)C)c(C)c1. The van der Waals surface area contributed by atoms with E-state index in [1.807, 2.05) is 0 Å². The lowest BCUT2D eigenvalue weighted by Crippen LogP contribution is -2.39. The van der Waals surface area contributed by atoms with Crippen molar-refractivity contribution in [2.75, 3.05) is 18.0 Å². The summed E-state index contributed by atoms with van der Waals surface area (Å²) in [7, 11) is 0. The maximum atomic E-state index is 5.74. The molecule has 2 N–H and O–H groups in total. The number of nitrogens with two attached hydrogens (primary N) is 1. The van der Waals surface area contributed by atoms with Crippen LogP contribution in [0.4, 0.5) is 5.69 Å². The van der Waals surface area contributed by atoms with Crippen LogP contribution in [0.1, 0.15) is 43.4 Å². The van der Waals surface area contributed by atoms with Gasteiger partial charge in [0, 0.05) is 17.8 Å². The molecule has 1 aliphatic rings. The van der Waals surface area contributed by atoms with Gasteiger partial charge in [0.1, 0.15) is 0 Å². The van der Waals surface area contributed by atoms with E-state index < -0.39 is 0 Å². The van der Waals surface area contributed by atoms with E-state index in [-0.39, 0.29) is 5.54 Å². The van der Waals surface area contributed by atoms with Crippen LogP contribution in [0.25, 0.3) is 0 Å². The second-order valence-corrected chi connectivity index (χ2v) is 6.82. The summed E-state index contributed by atoms with van der Waals surface area (Å²) < 4.78 is 0. The summed E-state index contributed by atoms with van der Waals surface area (Å²) in [5, 5.41) is 0. The molecule has 1 saturated heterocycles. The highest BCUT2D eigenvalue weighted by Gasteiger charge is 2.38. The van der Waals surface area contributed by atoms with Crippen molar-refractivity contribution in [3.05, 3.63) is 28.8 Å². The van der Waals surface area contributed by atoms with Crippen LogP contribution >= 0.6 is 0 Å². The van der Waals surface area contributed by atoms with Gasteiger partial charge < -0.3 is 10.6 Å². The quantitative estimate of drug-likeness (QED) is 0.900. The molecule has 0 aromatic heterocycles. The molecule has 1 fully saturated rings. The van der Waals surface area contributed by atoms with E-state index in [0.717, 1.165) is 25.4 Å². The van der Waals surface area contributed by atoms with Crippen molar-refractivity contribution < 1.29 is 0 Å². The molecule has 2 heteroatoms. The predicted molar refractivity (Wildman–Crippen MR) is 83.9 cm³/mol. The van der Waals surface area contributed by atoms with E-state index >= 15 is 0 Å². The number of anilines is 1. The summed E-state index contributed by atoms with van der Waals surface area (Å²) >= 11 is 0. The molecule has 0 saturated carbocycles. The Hall–Kier alpha value is -1.02. The van der Waals surface area contributed by atoms with Gasteiger partial charge >= 0.3 is 0 Å². The van der Waals surface area contributed by atoms with Crippen molar-refractivity contribution in [1.82, 2.24) is 0 Å². The van der Waals surface area contributed by atoms with Crippen LogP contribution in [0.15, 0.2) is 12.1 Å². The molecule has 0 aliphatic carbocycles. The molecule has 106 valence electrons. The Morgan fingerprint density at radius 3 is 2.32 bits per heavy atom. The lowest BCUT2D eigenvalue weighted by molar-refractivity contribution is 0.458. The van der Waals surface area contributed by atoms with Crippen molar-refractivity contribution in [2.24, 2.45) is 11.7 Å². The number of aryl methyl sites for hydroxylation is 3. The van der Waals surface area contributed by atoms with Gasteiger partial charge in [0.2, 0.25) is 0 Å². The molecule has 1 aromatic rings. The van der Waals surface area contributed by atoms with E-state index in [1.165, 1.54) is 28.8 Å². The topological polar surface area (TPSA) is 29.3 Å². The number of benzene rings is 1. The summed E-state index contributed by atoms with van der Waals surface area (Å²) in [6, 6.07) is 4.60. The summed E-state index contributed by atoms with van der Waals surface area (Å²) in [6.07, 6.45) is 2.39. The van der Waals surface area contributed by atoms with E-state index in [9.17, 15) is 0 Å². The maximum Gasteiger partial charge on any atom is 0.0430 e. The third-order valence-electron chi connectivity index (χ3n) is 4.44. The third-order valence-corrected chi connectivity index (χ3v) is 4.44. The fourth-order valence-corrected chi connectivity index (χ4v) is 3.81. The molecule has 19 heavy (non-hydrogen) atoms. The van der Waals surface area contributed by atoms with Gasteiger partial charge in [-0.1, -0.05) is 17.7 Å². The average molecular weight is 260 g/mol. The van der Waals surface area contributed by atoms with Gasteiger partial charge in [-0.2, -0.15) is 0 Å². The fraction of sp³-hybridized carbons (Fsp3) is 0.647. The molecule has 0 spiro atoms. The number of hydrogen-bond donors (Lipinski definition) is 1. The number of hydrogen-bond acceptors (Lipinski definition) is 2. The highest BCUT2D eigenvalue weighted by atomic mass is 15.2. The van der Waals surface area contributed by atoms with Crippen molar-refractivity contribution in [3.63, 3.8) is 0 Å². The Morgan fingerprint density at radius 1 is 1.21 bits per heavy atom.